The number of nitrogens with zero attached hydrogens (tertiary/aromatic N) is 3. The Labute approximate surface area is 188 Å². The van der Waals surface area contributed by atoms with Crippen molar-refractivity contribution >= 4 is 28.9 Å². The fraction of sp³-hybridized carbons (Fsp3) is 0.458. The third-order valence-electron chi connectivity index (χ3n) is 6.65. The van der Waals surface area contributed by atoms with Gasteiger partial charge in [0.05, 0.1) is 24.2 Å². The van der Waals surface area contributed by atoms with Gasteiger partial charge >= 0.3 is 0 Å². The van der Waals surface area contributed by atoms with Crippen molar-refractivity contribution in [2.24, 2.45) is 0 Å². The molecule has 1 amide bonds. The maximum atomic E-state index is 13.8. The Morgan fingerprint density at radius 1 is 1.19 bits per heavy atom. The van der Waals surface area contributed by atoms with E-state index in [1.54, 1.807) is 24.1 Å². The fourth-order valence-corrected chi connectivity index (χ4v) is 4.81. The van der Waals surface area contributed by atoms with E-state index >= 15 is 0 Å². The maximum Gasteiger partial charge on any atom is 0.231 e. The lowest BCUT2D eigenvalue weighted by Crippen LogP contribution is -2.55. The number of ether oxygens (including phenoxy) is 1. The molecule has 1 saturated heterocycles. The molecule has 0 aliphatic carbocycles. The van der Waals surface area contributed by atoms with Crippen LogP contribution in [0.1, 0.15) is 25.0 Å². The number of hydrogen-bond donors (Lipinski definition) is 0. The lowest BCUT2D eigenvalue weighted by Gasteiger charge is -2.44. The van der Waals surface area contributed by atoms with Gasteiger partial charge in [0.15, 0.2) is 0 Å². The summed E-state index contributed by atoms with van der Waals surface area (Å²) in [5, 5.41) is 0.0195. The summed E-state index contributed by atoms with van der Waals surface area (Å²) in [6, 6.07) is 9.55. The van der Waals surface area contributed by atoms with E-state index in [-0.39, 0.29) is 17.4 Å². The average Bonchev–Trinajstić information content (AvgIpc) is 3.17. The largest absolute Gasteiger partial charge is 0.495 e. The molecule has 7 heteroatoms. The molecule has 2 aromatic carbocycles. The molecule has 2 aromatic rings. The highest BCUT2D eigenvalue weighted by atomic mass is 35.5. The molecule has 0 radical (unpaired) electrons. The van der Waals surface area contributed by atoms with Gasteiger partial charge in [0.2, 0.25) is 5.91 Å². The van der Waals surface area contributed by atoms with Crippen LogP contribution < -0.4 is 14.5 Å². The van der Waals surface area contributed by atoms with Crippen molar-refractivity contribution in [1.82, 2.24) is 4.90 Å². The van der Waals surface area contributed by atoms with Crippen LogP contribution in [0.5, 0.6) is 5.75 Å². The highest BCUT2D eigenvalue weighted by Crippen LogP contribution is 2.40. The quantitative estimate of drug-likeness (QED) is 0.708. The number of anilines is 2. The lowest BCUT2D eigenvalue weighted by molar-refractivity contribution is -0.117. The second-order valence-electron chi connectivity index (χ2n) is 8.61. The SMILES string of the molecule is COc1cc2c(cc1N1C[C@@H](C)N(C)[C@@H](C)C1)N(C(=O)Cc1cccc(F)c1Cl)CC2. The first-order chi connectivity index (χ1) is 14.8. The number of hydrogen-bond acceptors (Lipinski definition) is 4. The maximum absolute atomic E-state index is 13.8. The summed E-state index contributed by atoms with van der Waals surface area (Å²) in [7, 11) is 3.85. The molecule has 1 fully saturated rings. The number of carbonyl (C=O) groups is 1. The molecule has 0 saturated carbocycles. The van der Waals surface area contributed by atoms with Gasteiger partial charge in [-0.3, -0.25) is 9.69 Å². The van der Waals surface area contributed by atoms with Crippen LogP contribution in [0.2, 0.25) is 5.02 Å². The first-order valence-corrected chi connectivity index (χ1v) is 11.1. The lowest BCUT2D eigenvalue weighted by atomic mass is 10.1. The van der Waals surface area contributed by atoms with Crippen LogP contribution in [0.15, 0.2) is 30.3 Å². The van der Waals surface area contributed by atoms with Gasteiger partial charge in [-0.15, -0.1) is 0 Å². The number of benzene rings is 2. The van der Waals surface area contributed by atoms with E-state index < -0.39 is 5.82 Å². The van der Waals surface area contributed by atoms with Crippen LogP contribution in [0.4, 0.5) is 15.8 Å². The highest BCUT2D eigenvalue weighted by Gasteiger charge is 2.32. The Bertz CT molecular complexity index is 987. The number of fused-ring (bicyclic) bond motifs is 1. The van der Waals surface area contributed by atoms with Gasteiger partial charge < -0.3 is 14.5 Å². The number of amides is 1. The van der Waals surface area contributed by atoms with Crippen molar-refractivity contribution in [3.8, 4) is 5.75 Å². The van der Waals surface area contributed by atoms with Crippen LogP contribution in [-0.2, 0) is 17.6 Å². The minimum atomic E-state index is -0.501. The Balaban J connectivity index is 1.63. The normalized spacial score (nSPS) is 21.4. The summed E-state index contributed by atoms with van der Waals surface area (Å²) >= 11 is 6.08. The van der Waals surface area contributed by atoms with Crippen molar-refractivity contribution < 1.29 is 13.9 Å². The van der Waals surface area contributed by atoms with Gasteiger partial charge in [-0.25, -0.2) is 4.39 Å². The molecule has 2 heterocycles. The monoisotopic (exact) mass is 445 g/mol. The molecule has 2 aliphatic heterocycles. The molecule has 0 bridgehead atoms. The number of carbonyl (C=O) groups excluding carboxylic acids is 1. The van der Waals surface area contributed by atoms with E-state index in [0.717, 1.165) is 42.2 Å². The third kappa shape index (κ3) is 4.11. The summed E-state index contributed by atoms with van der Waals surface area (Å²) in [6.45, 7) is 6.83. The molecule has 0 N–H and O–H groups in total. The van der Waals surface area contributed by atoms with E-state index in [1.807, 2.05) is 0 Å². The second-order valence-corrected chi connectivity index (χ2v) is 8.98. The van der Waals surface area contributed by atoms with Crippen LogP contribution >= 0.6 is 11.6 Å². The molecule has 5 nitrogen and oxygen atoms in total. The summed E-state index contributed by atoms with van der Waals surface area (Å²) < 4.78 is 19.5. The molecule has 2 atom stereocenters. The Morgan fingerprint density at radius 3 is 2.58 bits per heavy atom. The van der Waals surface area contributed by atoms with Crippen molar-refractivity contribution in [3.05, 3.63) is 52.3 Å². The predicted octanol–water partition coefficient (Wildman–Crippen LogP) is 4.15. The Hall–Kier alpha value is -2.31. The number of methoxy groups -OCH3 is 1. The number of halogens is 2. The van der Waals surface area contributed by atoms with E-state index in [4.69, 9.17) is 16.3 Å². The van der Waals surface area contributed by atoms with Crippen molar-refractivity contribution in [1.29, 1.82) is 0 Å². The van der Waals surface area contributed by atoms with Gasteiger partial charge in [0.25, 0.3) is 0 Å². The Morgan fingerprint density at radius 2 is 1.90 bits per heavy atom. The smallest absolute Gasteiger partial charge is 0.231 e. The molecule has 0 unspecified atom stereocenters. The minimum absolute atomic E-state index is 0.0195. The molecule has 0 aromatic heterocycles. The van der Waals surface area contributed by atoms with Crippen LogP contribution in [0.3, 0.4) is 0 Å². The molecular formula is C24H29ClFN3O2. The van der Waals surface area contributed by atoms with E-state index in [2.05, 4.69) is 42.8 Å². The van der Waals surface area contributed by atoms with Crippen molar-refractivity contribution in [3.63, 3.8) is 0 Å². The first kappa shape index (κ1) is 21.9. The molecule has 4 rings (SSSR count). The summed E-state index contributed by atoms with van der Waals surface area (Å²) in [4.78, 5) is 19.6. The fourth-order valence-electron chi connectivity index (χ4n) is 4.62. The van der Waals surface area contributed by atoms with Crippen molar-refractivity contribution in [2.45, 2.75) is 38.8 Å². The predicted molar refractivity (Wildman–Crippen MR) is 123 cm³/mol. The van der Waals surface area contributed by atoms with Crippen molar-refractivity contribution in [2.75, 3.05) is 43.6 Å². The molecule has 0 spiro atoms. The van der Waals surface area contributed by atoms with Crippen LogP contribution in [0.25, 0.3) is 0 Å². The zero-order valence-electron chi connectivity index (χ0n) is 18.5. The number of likely N-dealkylation sites (N-methyl/N-ethyl adjacent to an activating group) is 1. The topological polar surface area (TPSA) is 36.0 Å². The van der Waals surface area contributed by atoms with E-state index in [0.29, 0.717) is 24.2 Å². The zero-order valence-corrected chi connectivity index (χ0v) is 19.2. The van der Waals surface area contributed by atoms with Crippen LogP contribution in [0, 0.1) is 5.82 Å². The average molecular weight is 446 g/mol. The summed E-state index contributed by atoms with van der Waals surface area (Å²) in [5.41, 5.74) is 3.52. The summed E-state index contributed by atoms with van der Waals surface area (Å²) in [6.07, 6.45) is 0.837. The van der Waals surface area contributed by atoms with Crippen LogP contribution in [-0.4, -0.2) is 56.7 Å². The first-order valence-electron chi connectivity index (χ1n) is 10.7. The van der Waals surface area contributed by atoms with Gasteiger partial charge in [-0.1, -0.05) is 23.7 Å². The van der Waals surface area contributed by atoms with Gasteiger partial charge in [0.1, 0.15) is 11.6 Å². The van der Waals surface area contributed by atoms with Gasteiger partial charge in [-0.2, -0.15) is 0 Å². The number of piperazine rings is 1. The van der Waals surface area contributed by atoms with Gasteiger partial charge in [0, 0.05) is 37.4 Å². The molecule has 166 valence electrons. The highest BCUT2D eigenvalue weighted by molar-refractivity contribution is 6.31. The van der Waals surface area contributed by atoms with E-state index in [1.165, 1.54) is 6.07 Å². The molecular weight excluding hydrogens is 417 g/mol. The van der Waals surface area contributed by atoms with E-state index in [9.17, 15) is 9.18 Å². The third-order valence-corrected chi connectivity index (χ3v) is 7.07. The Kier molecular flexibility index (Phi) is 6.13. The minimum Gasteiger partial charge on any atom is -0.495 e. The summed E-state index contributed by atoms with van der Waals surface area (Å²) in [5.74, 6) is 0.256. The standard InChI is InChI=1S/C24H29ClFN3O2/c1-15-13-28(14-16(2)27(15)3)21-12-20-17(10-22(21)31-4)8-9-29(20)23(30)11-18-6-5-7-19(26)24(18)25/h5-7,10,12,15-16H,8-9,11,13-14H2,1-4H3/t15-,16+. The zero-order chi connectivity index (χ0) is 22.3. The number of rotatable bonds is 4. The molecule has 31 heavy (non-hydrogen) atoms. The second kappa shape index (κ2) is 8.67. The molecule has 2 aliphatic rings. The van der Waals surface area contributed by atoms with Gasteiger partial charge in [-0.05, 0) is 56.6 Å².